The van der Waals surface area contributed by atoms with Gasteiger partial charge < -0.3 is 4.74 Å². The summed E-state index contributed by atoms with van der Waals surface area (Å²) in [5.41, 5.74) is -1.06. The summed E-state index contributed by atoms with van der Waals surface area (Å²) in [5.74, 6) is 0.477. The van der Waals surface area contributed by atoms with Crippen LogP contribution in [0.5, 0.6) is 5.75 Å². The fraction of sp³-hybridized carbons (Fsp3) is 0.222. The average molecular weight is 250 g/mol. The van der Waals surface area contributed by atoms with Gasteiger partial charge in [0.25, 0.3) is 0 Å². The zero-order valence-corrected chi connectivity index (χ0v) is 9.10. The van der Waals surface area contributed by atoms with Gasteiger partial charge in [-0.3, -0.25) is 5.14 Å². The molecule has 0 spiro atoms. The number of methoxy groups -OCH3 is 1. The summed E-state index contributed by atoms with van der Waals surface area (Å²) in [6, 6.07) is 5.41. The normalized spacial score (nSPS) is 12.7. The molecule has 1 aromatic rings. The van der Waals surface area contributed by atoms with Gasteiger partial charge >= 0.3 is 6.18 Å². The zero-order valence-electron chi connectivity index (χ0n) is 8.28. The van der Waals surface area contributed by atoms with Gasteiger partial charge in [-0.1, -0.05) is 0 Å². The van der Waals surface area contributed by atoms with Crippen molar-refractivity contribution in [2.75, 3.05) is 7.11 Å². The second-order valence-electron chi connectivity index (χ2n) is 2.77. The molecule has 0 aliphatic heterocycles. The summed E-state index contributed by atoms with van der Waals surface area (Å²) < 4.78 is 45.6. The minimum atomic E-state index is -4.53. The van der Waals surface area contributed by atoms with E-state index in [4.69, 9.17) is 9.88 Å². The van der Waals surface area contributed by atoms with Crippen LogP contribution >= 0.6 is 12.1 Å². The first kappa shape index (κ1) is 12.9. The van der Waals surface area contributed by atoms with Gasteiger partial charge in [0.2, 0.25) is 0 Å². The van der Waals surface area contributed by atoms with Crippen molar-refractivity contribution in [3.05, 3.63) is 29.8 Å². The van der Waals surface area contributed by atoms with Crippen LogP contribution in [0.25, 0.3) is 0 Å². The maximum absolute atomic E-state index is 12.5. The van der Waals surface area contributed by atoms with Gasteiger partial charge in [0.1, 0.15) is 5.75 Å². The third kappa shape index (κ3) is 3.14. The molecular weight excluding hydrogens is 241 g/mol. The van der Waals surface area contributed by atoms with Gasteiger partial charge in [-0.15, -0.1) is 0 Å². The maximum Gasteiger partial charge on any atom is 0.434 e. The smallest absolute Gasteiger partial charge is 0.434 e. The van der Waals surface area contributed by atoms with Crippen molar-refractivity contribution in [2.24, 2.45) is 9.54 Å². The van der Waals surface area contributed by atoms with E-state index < -0.39 is 11.9 Å². The van der Waals surface area contributed by atoms with Crippen molar-refractivity contribution in [1.29, 1.82) is 0 Å². The summed E-state index contributed by atoms with van der Waals surface area (Å²) in [5, 5.41) is 4.92. The molecule has 0 saturated heterocycles. The lowest BCUT2D eigenvalue weighted by Gasteiger charge is -2.10. The van der Waals surface area contributed by atoms with Crippen molar-refractivity contribution in [3.8, 4) is 5.75 Å². The van der Waals surface area contributed by atoms with E-state index in [1.165, 1.54) is 31.4 Å². The van der Waals surface area contributed by atoms with Crippen molar-refractivity contribution >= 4 is 17.8 Å². The molecule has 0 radical (unpaired) electrons. The molecule has 0 saturated carbocycles. The zero-order chi connectivity index (χ0) is 12.2. The summed E-state index contributed by atoms with van der Waals surface area (Å²) in [4.78, 5) is 0. The lowest BCUT2D eigenvalue weighted by atomic mass is 10.1. The average Bonchev–Trinajstić information content (AvgIpc) is 2.25. The topological polar surface area (TPSA) is 47.6 Å². The predicted octanol–water partition coefficient (Wildman–Crippen LogP) is 2.57. The molecule has 3 nitrogen and oxygen atoms in total. The monoisotopic (exact) mass is 250 g/mol. The van der Waals surface area contributed by atoms with Gasteiger partial charge in [0.15, 0.2) is 5.71 Å². The standard InChI is InChI=1S/C9H9F3N2OS/c1-15-7-4-2-6(3-5-7)8(14-16-13)9(10,11)12/h2-5H,13H2,1H3/b14-8+. The molecule has 0 atom stereocenters. The second-order valence-corrected chi connectivity index (χ2v) is 3.16. The van der Waals surface area contributed by atoms with Crippen LogP contribution in [0, 0.1) is 0 Å². The van der Waals surface area contributed by atoms with E-state index in [0.29, 0.717) is 5.75 Å². The number of nitrogens with two attached hydrogens (primary N) is 1. The molecule has 0 aliphatic carbocycles. The summed E-state index contributed by atoms with van der Waals surface area (Å²) >= 11 is 0.278. The van der Waals surface area contributed by atoms with Crippen LogP contribution in [0.1, 0.15) is 5.56 Å². The first-order chi connectivity index (χ1) is 7.49. The van der Waals surface area contributed by atoms with Crippen molar-refractivity contribution in [3.63, 3.8) is 0 Å². The second kappa shape index (κ2) is 5.22. The highest BCUT2D eigenvalue weighted by molar-refractivity contribution is 7.95. The molecule has 0 heterocycles. The first-order valence-electron chi connectivity index (χ1n) is 4.14. The molecule has 7 heteroatoms. The number of hydrogen-bond donors (Lipinski definition) is 1. The molecule has 0 unspecified atom stereocenters. The molecule has 1 aromatic carbocycles. The molecule has 0 fully saturated rings. The van der Waals surface area contributed by atoms with Gasteiger partial charge in [-0.2, -0.15) is 17.6 Å². The largest absolute Gasteiger partial charge is 0.497 e. The lowest BCUT2D eigenvalue weighted by molar-refractivity contribution is -0.0578. The minimum absolute atomic E-state index is 0.0498. The molecular formula is C9H9F3N2OS. The van der Waals surface area contributed by atoms with Crippen LogP contribution in [0.2, 0.25) is 0 Å². The maximum atomic E-state index is 12.5. The van der Waals surface area contributed by atoms with E-state index in [1.807, 2.05) is 0 Å². The number of benzene rings is 1. The Kier molecular flexibility index (Phi) is 4.19. The summed E-state index contributed by atoms with van der Waals surface area (Å²) in [7, 11) is 1.43. The Morgan fingerprint density at radius 2 is 1.88 bits per heavy atom. The minimum Gasteiger partial charge on any atom is -0.497 e. The number of alkyl halides is 3. The Hall–Kier alpha value is -1.21. The molecule has 88 valence electrons. The number of halogens is 3. The molecule has 16 heavy (non-hydrogen) atoms. The fourth-order valence-corrected chi connectivity index (χ4v) is 1.38. The number of nitrogens with zero attached hydrogens (tertiary/aromatic N) is 1. The Morgan fingerprint density at radius 3 is 2.25 bits per heavy atom. The van der Waals surface area contributed by atoms with E-state index >= 15 is 0 Å². The molecule has 0 amide bonds. The quantitative estimate of drug-likeness (QED) is 0.662. The van der Waals surface area contributed by atoms with Gasteiger partial charge in [-0.05, 0) is 24.3 Å². The fourth-order valence-electron chi connectivity index (χ4n) is 1.07. The molecule has 0 aromatic heterocycles. The summed E-state index contributed by atoms with van der Waals surface area (Å²) in [6.07, 6.45) is -4.53. The van der Waals surface area contributed by atoms with Crippen LogP contribution in [0.3, 0.4) is 0 Å². The van der Waals surface area contributed by atoms with E-state index in [1.54, 1.807) is 0 Å². The SMILES string of the molecule is COc1ccc(/C(=N\SN)C(F)(F)F)cc1. The van der Waals surface area contributed by atoms with Crippen LogP contribution in [-0.4, -0.2) is 19.0 Å². The molecule has 0 aliphatic rings. The Bertz CT molecular complexity index is 375. The van der Waals surface area contributed by atoms with Gasteiger partial charge in [0.05, 0.1) is 19.2 Å². The van der Waals surface area contributed by atoms with Crippen LogP contribution < -0.4 is 9.88 Å². The Balaban J connectivity index is 3.08. The predicted molar refractivity (Wildman–Crippen MR) is 57.4 cm³/mol. The van der Waals surface area contributed by atoms with Gasteiger partial charge in [0, 0.05) is 5.56 Å². The van der Waals surface area contributed by atoms with E-state index in [9.17, 15) is 13.2 Å². The van der Waals surface area contributed by atoms with Crippen LogP contribution in [-0.2, 0) is 0 Å². The van der Waals surface area contributed by atoms with Crippen LogP contribution in [0.4, 0.5) is 13.2 Å². The lowest BCUT2D eigenvalue weighted by Crippen LogP contribution is -2.23. The Morgan fingerprint density at radius 1 is 1.31 bits per heavy atom. The van der Waals surface area contributed by atoms with E-state index in [-0.39, 0.29) is 17.7 Å². The highest BCUT2D eigenvalue weighted by Crippen LogP contribution is 2.25. The van der Waals surface area contributed by atoms with E-state index in [2.05, 4.69) is 4.40 Å². The van der Waals surface area contributed by atoms with Crippen molar-refractivity contribution in [2.45, 2.75) is 6.18 Å². The third-order valence-corrected chi connectivity index (χ3v) is 2.06. The number of rotatable bonds is 3. The number of hydrogen-bond acceptors (Lipinski definition) is 4. The van der Waals surface area contributed by atoms with Gasteiger partial charge in [-0.25, -0.2) is 0 Å². The highest BCUT2D eigenvalue weighted by atomic mass is 32.2. The third-order valence-electron chi connectivity index (χ3n) is 1.78. The molecule has 1 rings (SSSR count). The summed E-state index contributed by atoms with van der Waals surface area (Å²) in [6.45, 7) is 0. The van der Waals surface area contributed by atoms with Crippen LogP contribution in [0.15, 0.2) is 28.7 Å². The van der Waals surface area contributed by atoms with E-state index in [0.717, 1.165) is 0 Å². The van der Waals surface area contributed by atoms with Crippen molar-refractivity contribution in [1.82, 2.24) is 0 Å². The molecule has 0 bridgehead atoms. The molecule has 2 N–H and O–H groups in total. The van der Waals surface area contributed by atoms with Crippen molar-refractivity contribution < 1.29 is 17.9 Å². The highest BCUT2D eigenvalue weighted by Gasteiger charge is 2.36. The number of ether oxygens (including phenoxy) is 1. The first-order valence-corrected chi connectivity index (χ1v) is 4.98. The Labute approximate surface area is 94.8 Å².